The average Bonchev–Trinajstić information content (AvgIpc) is 2.59. The summed E-state index contributed by atoms with van der Waals surface area (Å²) in [6.45, 7) is 10.3. The molecule has 23 heavy (non-hydrogen) atoms. The molecule has 2 aromatic carbocycles. The van der Waals surface area contributed by atoms with Gasteiger partial charge in [0.2, 0.25) is 0 Å². The van der Waals surface area contributed by atoms with Crippen molar-refractivity contribution in [1.29, 1.82) is 0 Å². The van der Waals surface area contributed by atoms with Gasteiger partial charge in [-0.05, 0) is 17.5 Å². The molecule has 3 rings (SSSR count). The van der Waals surface area contributed by atoms with E-state index in [0.29, 0.717) is 0 Å². The predicted molar refractivity (Wildman–Crippen MR) is 104 cm³/mol. The summed E-state index contributed by atoms with van der Waals surface area (Å²) in [5, 5.41) is -0.126. The average molecular weight is 339 g/mol. The summed E-state index contributed by atoms with van der Waals surface area (Å²) in [6, 6.07) is 23.1. The Hall–Kier alpha value is -1.43. The molecular formula is C20H26OSi2. The molecule has 1 atom stereocenters. The number of hydrogen-bond donors (Lipinski definition) is 0. The van der Waals surface area contributed by atoms with E-state index in [0.717, 1.165) is 6.61 Å². The quantitative estimate of drug-likeness (QED) is 0.583. The van der Waals surface area contributed by atoms with Gasteiger partial charge in [-0.15, -0.1) is 6.58 Å². The van der Waals surface area contributed by atoms with E-state index in [1.54, 1.807) is 0 Å². The molecule has 1 saturated heterocycles. The topological polar surface area (TPSA) is 9.23 Å². The van der Waals surface area contributed by atoms with Gasteiger partial charge >= 0.3 is 0 Å². The molecular weight excluding hydrogens is 312 g/mol. The lowest BCUT2D eigenvalue weighted by atomic mass is 9.90. The van der Waals surface area contributed by atoms with E-state index in [1.807, 2.05) is 0 Å². The molecule has 1 aliphatic heterocycles. The van der Waals surface area contributed by atoms with Crippen LogP contribution >= 0.6 is 0 Å². The number of benzene rings is 2. The predicted octanol–water partition coefficient (Wildman–Crippen LogP) is 4.63. The van der Waals surface area contributed by atoms with E-state index in [9.17, 15) is 0 Å². The van der Waals surface area contributed by atoms with Crippen LogP contribution in [0, 0.1) is 0 Å². The maximum absolute atomic E-state index is 6.59. The van der Waals surface area contributed by atoms with E-state index >= 15 is 0 Å². The summed E-state index contributed by atoms with van der Waals surface area (Å²) in [6.07, 6.45) is 3.41. The summed E-state index contributed by atoms with van der Waals surface area (Å²) in [4.78, 5) is 0. The van der Waals surface area contributed by atoms with Crippen LogP contribution < -0.4 is 0 Å². The molecule has 1 nitrogen and oxygen atoms in total. The van der Waals surface area contributed by atoms with E-state index in [1.165, 1.54) is 23.6 Å². The Morgan fingerprint density at radius 3 is 1.96 bits per heavy atom. The molecule has 0 saturated carbocycles. The smallest absolute Gasteiger partial charge is 0.183 e. The summed E-state index contributed by atoms with van der Waals surface area (Å²) in [7, 11) is -2.91. The van der Waals surface area contributed by atoms with Crippen LogP contribution in [0.1, 0.15) is 17.5 Å². The lowest BCUT2D eigenvalue weighted by Gasteiger charge is -2.47. The zero-order chi connectivity index (χ0) is 16.3. The molecule has 0 N–H and O–H groups in total. The maximum atomic E-state index is 6.59. The Morgan fingerprint density at radius 1 is 1.00 bits per heavy atom. The van der Waals surface area contributed by atoms with E-state index in [2.05, 4.69) is 86.4 Å². The fraction of sp³-hybridized carbons (Fsp3) is 0.300. The van der Waals surface area contributed by atoms with Crippen molar-refractivity contribution in [3.63, 3.8) is 0 Å². The van der Waals surface area contributed by atoms with Gasteiger partial charge in [-0.25, -0.2) is 0 Å². The second-order valence-electron chi connectivity index (χ2n) is 7.15. The van der Waals surface area contributed by atoms with Crippen molar-refractivity contribution < 1.29 is 4.43 Å². The Morgan fingerprint density at radius 2 is 1.52 bits per heavy atom. The molecule has 1 heterocycles. The molecule has 0 aromatic heterocycles. The van der Waals surface area contributed by atoms with Crippen LogP contribution in [-0.4, -0.2) is 22.8 Å². The molecule has 0 radical (unpaired) electrons. The van der Waals surface area contributed by atoms with Crippen LogP contribution in [0.2, 0.25) is 19.1 Å². The highest BCUT2D eigenvalue weighted by molar-refractivity contribution is 7.31. The van der Waals surface area contributed by atoms with Gasteiger partial charge < -0.3 is 4.43 Å². The second-order valence-corrected chi connectivity index (χ2v) is 19.9. The monoisotopic (exact) mass is 338 g/mol. The largest absolute Gasteiger partial charge is 0.422 e. The molecule has 1 unspecified atom stereocenters. The van der Waals surface area contributed by atoms with Gasteiger partial charge in [-0.2, -0.15) is 0 Å². The third-order valence-electron chi connectivity index (χ3n) is 5.20. The third kappa shape index (κ3) is 2.89. The van der Waals surface area contributed by atoms with Crippen molar-refractivity contribution in [2.45, 2.75) is 30.6 Å². The molecule has 1 fully saturated rings. The lowest BCUT2D eigenvalue weighted by molar-refractivity contribution is 0.308. The first-order valence-electron chi connectivity index (χ1n) is 8.47. The van der Waals surface area contributed by atoms with Gasteiger partial charge in [-0.3, -0.25) is 0 Å². The first kappa shape index (κ1) is 16.4. The van der Waals surface area contributed by atoms with Crippen molar-refractivity contribution >= 4 is 16.1 Å². The summed E-state index contributed by atoms with van der Waals surface area (Å²) in [5.74, 6) is 0. The molecule has 1 aliphatic rings. The molecule has 0 aliphatic carbocycles. The molecule has 2 aromatic rings. The van der Waals surface area contributed by atoms with Gasteiger partial charge in [0.1, 0.15) is 0 Å². The summed E-state index contributed by atoms with van der Waals surface area (Å²) >= 11 is 0. The van der Waals surface area contributed by atoms with Crippen LogP contribution in [0.3, 0.4) is 0 Å². The Kier molecular flexibility index (Phi) is 4.71. The number of rotatable bonds is 4. The first-order chi connectivity index (χ1) is 11.1. The Balaban J connectivity index is 2.23. The highest BCUT2D eigenvalue weighted by atomic mass is 29.2. The zero-order valence-corrected chi connectivity index (χ0v) is 16.3. The summed E-state index contributed by atoms with van der Waals surface area (Å²) in [5.41, 5.74) is 2.70. The van der Waals surface area contributed by atoms with E-state index in [4.69, 9.17) is 4.43 Å². The van der Waals surface area contributed by atoms with Crippen LogP contribution in [0.5, 0.6) is 0 Å². The van der Waals surface area contributed by atoms with Crippen LogP contribution in [-0.2, 0) is 9.46 Å². The normalized spacial score (nSPS) is 20.9. The van der Waals surface area contributed by atoms with Crippen LogP contribution in [0.25, 0.3) is 0 Å². The molecule has 3 heteroatoms. The standard InChI is InChI=1S/C20H26OSi2/c1-4-20(18-12-7-5-8-13-18,19-14-9-6-10-15-19)22-21-16-11-17-23(22,2)3/h4-10,12-15,22H,1,11,16-17H2,2-3H3. The van der Waals surface area contributed by atoms with Crippen molar-refractivity contribution in [1.82, 2.24) is 0 Å². The van der Waals surface area contributed by atoms with Crippen molar-refractivity contribution in [2.75, 3.05) is 6.61 Å². The minimum atomic E-state index is -1.52. The fourth-order valence-electron chi connectivity index (χ4n) is 4.07. The lowest BCUT2D eigenvalue weighted by Crippen LogP contribution is -2.62. The van der Waals surface area contributed by atoms with Gasteiger partial charge in [0.05, 0.1) is 12.6 Å². The first-order valence-corrected chi connectivity index (χ1v) is 14.5. The SMILES string of the molecule is C=CC(c1ccccc1)(c1ccccc1)[SiH]1OCCC[Si]1(C)C. The third-order valence-corrected chi connectivity index (χ3v) is 17.5. The highest BCUT2D eigenvalue weighted by Crippen LogP contribution is 2.42. The van der Waals surface area contributed by atoms with Crippen molar-refractivity contribution in [3.05, 3.63) is 84.4 Å². The molecule has 0 bridgehead atoms. The fourth-order valence-corrected chi connectivity index (χ4v) is 17.1. The Labute approximate surface area is 142 Å². The van der Waals surface area contributed by atoms with Crippen molar-refractivity contribution in [2.24, 2.45) is 0 Å². The highest BCUT2D eigenvalue weighted by Gasteiger charge is 2.51. The molecule has 0 spiro atoms. The minimum Gasteiger partial charge on any atom is -0.422 e. The maximum Gasteiger partial charge on any atom is 0.183 e. The van der Waals surface area contributed by atoms with Crippen molar-refractivity contribution in [3.8, 4) is 0 Å². The minimum absolute atomic E-state index is 0.126. The van der Waals surface area contributed by atoms with Crippen LogP contribution in [0.15, 0.2) is 73.3 Å². The van der Waals surface area contributed by atoms with E-state index < -0.39 is 16.1 Å². The Bertz CT molecular complexity index is 612. The van der Waals surface area contributed by atoms with E-state index in [-0.39, 0.29) is 5.04 Å². The van der Waals surface area contributed by atoms with Crippen LogP contribution in [0.4, 0.5) is 0 Å². The van der Waals surface area contributed by atoms with Gasteiger partial charge in [-0.1, -0.05) is 85.9 Å². The number of hydrogen-bond acceptors (Lipinski definition) is 1. The number of allylic oxidation sites excluding steroid dienone is 1. The molecule has 120 valence electrons. The second kappa shape index (κ2) is 6.59. The van der Waals surface area contributed by atoms with Gasteiger partial charge in [0, 0.05) is 6.61 Å². The van der Waals surface area contributed by atoms with Gasteiger partial charge in [0.15, 0.2) is 8.56 Å². The summed E-state index contributed by atoms with van der Waals surface area (Å²) < 4.78 is 6.59. The zero-order valence-electron chi connectivity index (χ0n) is 14.2. The molecule has 0 amide bonds. The van der Waals surface area contributed by atoms with Gasteiger partial charge in [0.25, 0.3) is 0 Å².